The van der Waals surface area contributed by atoms with E-state index in [-0.39, 0.29) is 0 Å². The Morgan fingerprint density at radius 1 is 1.03 bits per heavy atom. The number of unbranched alkanes of at least 4 members (excludes halogenated alkanes) is 9. The number of hydrogen-bond acceptors (Lipinski definition) is 3. The lowest BCUT2D eigenvalue weighted by Gasteiger charge is -2.29. The number of pyridine rings is 1. The predicted molar refractivity (Wildman–Crippen MR) is 165 cm³/mol. The van der Waals surface area contributed by atoms with Crippen LogP contribution in [-0.2, 0) is 6.42 Å². The summed E-state index contributed by atoms with van der Waals surface area (Å²) in [5.41, 5.74) is 8.38. The lowest BCUT2D eigenvalue weighted by Crippen LogP contribution is -2.21. The smallest absolute Gasteiger partial charge is 0.130 e. The van der Waals surface area contributed by atoms with Crippen molar-refractivity contribution >= 4 is 5.82 Å². The highest BCUT2D eigenvalue weighted by Gasteiger charge is 2.39. The topological polar surface area (TPSA) is 28.2 Å². The molecule has 1 aromatic heterocycles. The van der Waals surface area contributed by atoms with Crippen molar-refractivity contribution in [1.29, 1.82) is 0 Å². The highest BCUT2D eigenvalue weighted by Crippen LogP contribution is 2.52. The molecule has 1 aliphatic carbocycles. The number of nitrogens with one attached hydrogen (secondary N) is 1. The minimum absolute atomic E-state index is 0.571. The summed E-state index contributed by atoms with van der Waals surface area (Å²) in [5, 5.41) is 3.50. The Hall–Kier alpha value is -2.29. The molecular formula is C35H53N3. The zero-order valence-electron chi connectivity index (χ0n) is 24.5. The summed E-state index contributed by atoms with van der Waals surface area (Å²) in [4.78, 5) is 7.31. The van der Waals surface area contributed by atoms with E-state index in [1.54, 1.807) is 5.56 Å². The zero-order chi connectivity index (χ0) is 26.7. The normalized spacial score (nSPS) is 18.2. The summed E-state index contributed by atoms with van der Waals surface area (Å²) in [6, 6.07) is 2.39. The highest BCUT2D eigenvalue weighted by atomic mass is 15.1. The zero-order valence-corrected chi connectivity index (χ0v) is 24.5. The van der Waals surface area contributed by atoms with E-state index in [4.69, 9.17) is 4.98 Å². The molecule has 0 spiro atoms. The van der Waals surface area contributed by atoms with E-state index in [0.717, 1.165) is 44.0 Å². The van der Waals surface area contributed by atoms with Gasteiger partial charge in [0.15, 0.2) is 0 Å². The lowest BCUT2D eigenvalue weighted by atomic mass is 9.86. The van der Waals surface area contributed by atoms with Gasteiger partial charge >= 0.3 is 0 Å². The van der Waals surface area contributed by atoms with E-state index in [0.29, 0.717) is 5.92 Å². The Labute approximate surface area is 233 Å². The molecule has 1 N–H and O–H groups in total. The van der Waals surface area contributed by atoms with Gasteiger partial charge in [0.05, 0.1) is 0 Å². The van der Waals surface area contributed by atoms with Gasteiger partial charge in [-0.2, -0.15) is 0 Å². The molecule has 0 saturated heterocycles. The van der Waals surface area contributed by atoms with Crippen LogP contribution in [0.2, 0.25) is 0 Å². The van der Waals surface area contributed by atoms with Crippen LogP contribution in [0.3, 0.4) is 0 Å². The van der Waals surface area contributed by atoms with Crippen LogP contribution in [0.25, 0.3) is 0 Å². The quantitative estimate of drug-likeness (QED) is 0.147. The number of allylic oxidation sites excluding steroid dienone is 4. The van der Waals surface area contributed by atoms with E-state index >= 15 is 0 Å². The highest BCUT2D eigenvalue weighted by molar-refractivity contribution is 5.68. The van der Waals surface area contributed by atoms with Crippen LogP contribution in [0.5, 0.6) is 0 Å². The first-order chi connectivity index (χ1) is 18.6. The average Bonchev–Trinajstić information content (AvgIpc) is 3.64. The number of aryl methyl sites for hydroxylation is 1. The average molecular weight is 516 g/mol. The third kappa shape index (κ3) is 8.10. The van der Waals surface area contributed by atoms with Crippen LogP contribution < -0.4 is 5.32 Å². The number of rotatable bonds is 19. The number of anilines is 1. The van der Waals surface area contributed by atoms with Crippen LogP contribution in [-0.4, -0.2) is 23.0 Å². The molecule has 0 fully saturated rings. The van der Waals surface area contributed by atoms with Crippen molar-refractivity contribution < 1.29 is 0 Å². The van der Waals surface area contributed by atoms with Gasteiger partial charge in [-0.1, -0.05) is 96.4 Å². The molecule has 4 rings (SSSR count). The van der Waals surface area contributed by atoms with Gasteiger partial charge < -0.3 is 10.2 Å². The Morgan fingerprint density at radius 2 is 1.79 bits per heavy atom. The van der Waals surface area contributed by atoms with Crippen LogP contribution >= 0.6 is 0 Å². The second-order valence-electron chi connectivity index (χ2n) is 12.0. The first-order valence-corrected chi connectivity index (χ1v) is 15.9. The van der Waals surface area contributed by atoms with E-state index < -0.39 is 0 Å². The summed E-state index contributed by atoms with van der Waals surface area (Å²) in [7, 11) is 0. The molecule has 1 aromatic rings. The molecule has 2 unspecified atom stereocenters. The summed E-state index contributed by atoms with van der Waals surface area (Å²) in [6.45, 7) is 15.4. The first-order valence-electron chi connectivity index (χ1n) is 15.9. The molecule has 3 aliphatic rings. The van der Waals surface area contributed by atoms with Crippen molar-refractivity contribution in [2.45, 2.75) is 122 Å². The van der Waals surface area contributed by atoms with Crippen molar-refractivity contribution in [3.05, 3.63) is 71.2 Å². The molecule has 0 radical (unpaired) electrons. The van der Waals surface area contributed by atoms with Gasteiger partial charge in [0.1, 0.15) is 5.82 Å². The largest absolute Gasteiger partial charge is 0.370 e. The van der Waals surface area contributed by atoms with Gasteiger partial charge in [-0.05, 0) is 74.1 Å². The Kier molecular flexibility index (Phi) is 11.1. The molecule has 38 heavy (non-hydrogen) atoms. The van der Waals surface area contributed by atoms with E-state index in [2.05, 4.69) is 61.6 Å². The maximum atomic E-state index is 4.90. The summed E-state index contributed by atoms with van der Waals surface area (Å²) < 4.78 is 0. The van der Waals surface area contributed by atoms with Crippen molar-refractivity contribution in [1.82, 2.24) is 9.88 Å². The number of hydrogen-bond donors (Lipinski definition) is 1. The molecule has 208 valence electrons. The summed E-state index contributed by atoms with van der Waals surface area (Å²) in [5.74, 6) is 2.49. The summed E-state index contributed by atoms with van der Waals surface area (Å²) >= 11 is 0. The third-order valence-corrected chi connectivity index (χ3v) is 8.90. The standard InChI is InChI=1S/C35H53N3/c1-5-7-8-9-10-13-16-23-38-26-30(20-19-28(38)4)29(24-27(3)6-2)17-14-11-12-15-18-31-25-33-32-21-22-36-35(37-31)34(32)33/h19-20,25-26,29,32H,3-18,21-24H2,1-2H3,(H,36,37). The maximum Gasteiger partial charge on any atom is 0.130 e. The molecular weight excluding hydrogens is 462 g/mol. The molecule has 2 aliphatic heterocycles. The van der Waals surface area contributed by atoms with Gasteiger partial charge in [0.25, 0.3) is 0 Å². The van der Waals surface area contributed by atoms with Crippen LogP contribution in [0.4, 0.5) is 5.82 Å². The van der Waals surface area contributed by atoms with Gasteiger partial charge in [0.2, 0.25) is 0 Å². The van der Waals surface area contributed by atoms with Crippen molar-refractivity contribution in [2.24, 2.45) is 5.92 Å². The van der Waals surface area contributed by atoms with Crippen LogP contribution in [0, 0.1) is 5.92 Å². The SMILES string of the molecule is C=C(CC)CC(CCCCCCc1cc2c3c(n1)NCCC23)C1=CN(CCCCCCCCC)C(=C)C=C1. The molecule has 0 saturated carbocycles. The van der Waals surface area contributed by atoms with Crippen molar-refractivity contribution in [3.63, 3.8) is 0 Å². The molecule has 0 amide bonds. The van der Waals surface area contributed by atoms with Crippen LogP contribution in [0.1, 0.15) is 133 Å². The van der Waals surface area contributed by atoms with Gasteiger partial charge in [-0.15, -0.1) is 0 Å². The van der Waals surface area contributed by atoms with Crippen LogP contribution in [0.15, 0.2) is 54.4 Å². The maximum absolute atomic E-state index is 4.90. The first kappa shape index (κ1) is 28.7. The molecule has 3 heterocycles. The number of nitrogens with zero attached hydrogens (tertiary/aromatic N) is 2. The van der Waals surface area contributed by atoms with Crippen molar-refractivity contribution in [2.75, 3.05) is 18.4 Å². The Balaban J connectivity index is 1.20. The minimum Gasteiger partial charge on any atom is -0.370 e. The van der Waals surface area contributed by atoms with E-state index in [9.17, 15) is 0 Å². The number of fused-ring (bicyclic) bond motifs is 1. The molecule has 0 aromatic carbocycles. The van der Waals surface area contributed by atoms with Crippen molar-refractivity contribution in [3.8, 4) is 0 Å². The van der Waals surface area contributed by atoms with Gasteiger partial charge in [-0.25, -0.2) is 4.98 Å². The Bertz CT molecular complexity index is 1000. The monoisotopic (exact) mass is 515 g/mol. The fraction of sp³-hybridized carbons (Fsp3) is 0.629. The fourth-order valence-electron chi connectivity index (χ4n) is 6.29. The molecule has 3 heteroatoms. The Morgan fingerprint density at radius 3 is 2.61 bits per heavy atom. The predicted octanol–water partition coefficient (Wildman–Crippen LogP) is 9.83. The van der Waals surface area contributed by atoms with Gasteiger partial charge in [0, 0.05) is 42.2 Å². The molecule has 3 nitrogen and oxygen atoms in total. The second-order valence-corrected chi connectivity index (χ2v) is 12.0. The fourth-order valence-corrected chi connectivity index (χ4v) is 6.29. The van der Waals surface area contributed by atoms with Gasteiger partial charge in [-0.3, -0.25) is 0 Å². The second kappa shape index (κ2) is 14.8. The molecule has 2 atom stereocenters. The summed E-state index contributed by atoms with van der Waals surface area (Å²) in [6.07, 6.45) is 27.4. The van der Waals surface area contributed by atoms with E-state index in [1.807, 2.05) is 0 Å². The third-order valence-electron chi connectivity index (χ3n) is 8.90. The van der Waals surface area contributed by atoms with E-state index in [1.165, 1.54) is 112 Å². The molecule has 0 bridgehead atoms. The minimum atomic E-state index is 0.571. The number of aromatic nitrogens is 1. The lowest BCUT2D eigenvalue weighted by molar-refractivity contribution is 0.427.